The first-order valence-electron chi connectivity index (χ1n) is 5.79. The minimum absolute atomic E-state index is 0.765. The highest BCUT2D eigenvalue weighted by molar-refractivity contribution is 5.79. The van der Waals surface area contributed by atoms with Crippen LogP contribution in [0.3, 0.4) is 0 Å². The van der Waals surface area contributed by atoms with E-state index in [-0.39, 0.29) is 0 Å². The van der Waals surface area contributed by atoms with Gasteiger partial charge in [0.05, 0.1) is 6.54 Å². The highest BCUT2D eigenvalue weighted by Gasteiger charge is 2.05. The van der Waals surface area contributed by atoms with Crippen LogP contribution in [0.5, 0.6) is 0 Å². The molecule has 3 aromatic rings. The third-order valence-corrected chi connectivity index (χ3v) is 2.99. The molecular formula is C13H14N4. The second-order valence-electron chi connectivity index (χ2n) is 3.99. The Bertz CT molecular complexity index is 635. The Morgan fingerprint density at radius 3 is 2.94 bits per heavy atom. The molecule has 0 bridgehead atoms. The number of hydrogen-bond acceptors (Lipinski definition) is 2. The molecule has 2 heterocycles. The molecule has 0 saturated carbocycles. The minimum atomic E-state index is 0.765. The smallest absolute Gasteiger partial charge is 0.146 e. The molecule has 0 aliphatic carbocycles. The predicted molar refractivity (Wildman–Crippen MR) is 66.7 cm³/mol. The zero-order valence-corrected chi connectivity index (χ0v) is 9.74. The number of benzene rings is 1. The van der Waals surface area contributed by atoms with Crippen molar-refractivity contribution in [3.8, 4) is 0 Å². The van der Waals surface area contributed by atoms with Gasteiger partial charge in [-0.05, 0) is 24.4 Å². The summed E-state index contributed by atoms with van der Waals surface area (Å²) < 4.78 is 4.13. The van der Waals surface area contributed by atoms with E-state index in [9.17, 15) is 0 Å². The molecule has 0 spiro atoms. The van der Waals surface area contributed by atoms with Crippen molar-refractivity contribution in [1.29, 1.82) is 0 Å². The maximum absolute atomic E-state index is 4.30. The molecule has 4 nitrogen and oxygen atoms in total. The van der Waals surface area contributed by atoms with Gasteiger partial charge in [0.15, 0.2) is 0 Å². The number of fused-ring (bicyclic) bond motifs is 1. The molecule has 86 valence electrons. The van der Waals surface area contributed by atoms with E-state index in [0.717, 1.165) is 18.9 Å². The number of rotatable bonds is 3. The highest BCUT2D eigenvalue weighted by atomic mass is 15.3. The van der Waals surface area contributed by atoms with Gasteiger partial charge < -0.3 is 4.57 Å². The van der Waals surface area contributed by atoms with Crippen molar-refractivity contribution in [2.75, 3.05) is 0 Å². The maximum atomic E-state index is 4.30. The summed E-state index contributed by atoms with van der Waals surface area (Å²) in [6.07, 6.45) is 3.71. The molecule has 0 aliphatic heterocycles. The van der Waals surface area contributed by atoms with Crippen molar-refractivity contribution in [2.24, 2.45) is 0 Å². The van der Waals surface area contributed by atoms with Gasteiger partial charge in [-0.3, -0.25) is 0 Å². The van der Waals surface area contributed by atoms with Crippen LogP contribution in [0.1, 0.15) is 12.7 Å². The van der Waals surface area contributed by atoms with Crippen molar-refractivity contribution in [3.63, 3.8) is 0 Å². The summed E-state index contributed by atoms with van der Waals surface area (Å²) in [7, 11) is 0. The van der Waals surface area contributed by atoms with Gasteiger partial charge >= 0.3 is 0 Å². The molecule has 0 N–H and O–H groups in total. The largest absolute Gasteiger partial charge is 0.340 e. The standard InChI is InChI=1S/C13H14N4/c1-2-17-13(14-10-15-17)9-16-8-7-11-5-3-4-6-12(11)16/h3-8,10H,2,9H2,1H3. The number of aryl methyl sites for hydroxylation is 1. The van der Waals surface area contributed by atoms with Gasteiger partial charge in [-0.25, -0.2) is 9.67 Å². The van der Waals surface area contributed by atoms with Gasteiger partial charge in [0.2, 0.25) is 0 Å². The Kier molecular flexibility index (Phi) is 2.40. The number of nitrogens with zero attached hydrogens (tertiary/aromatic N) is 4. The molecule has 0 fully saturated rings. The van der Waals surface area contributed by atoms with E-state index in [4.69, 9.17) is 0 Å². The summed E-state index contributed by atoms with van der Waals surface area (Å²) in [5.74, 6) is 0.994. The molecule has 0 aliphatic rings. The van der Waals surface area contributed by atoms with E-state index >= 15 is 0 Å². The lowest BCUT2D eigenvalue weighted by atomic mass is 10.2. The Balaban J connectivity index is 2.00. The van der Waals surface area contributed by atoms with Crippen molar-refractivity contribution < 1.29 is 0 Å². The maximum Gasteiger partial charge on any atom is 0.146 e. The summed E-state index contributed by atoms with van der Waals surface area (Å²) in [4.78, 5) is 4.30. The first-order chi connectivity index (χ1) is 8.38. The quantitative estimate of drug-likeness (QED) is 0.687. The van der Waals surface area contributed by atoms with Crippen LogP contribution in [-0.2, 0) is 13.1 Å². The Morgan fingerprint density at radius 2 is 2.06 bits per heavy atom. The second kappa shape index (κ2) is 4.05. The summed E-state index contributed by atoms with van der Waals surface area (Å²) in [6, 6.07) is 10.5. The van der Waals surface area contributed by atoms with Gasteiger partial charge in [0, 0.05) is 18.3 Å². The average molecular weight is 226 g/mol. The van der Waals surface area contributed by atoms with Crippen LogP contribution in [0.4, 0.5) is 0 Å². The number of aromatic nitrogens is 4. The van der Waals surface area contributed by atoms with Crippen LogP contribution in [0, 0.1) is 0 Å². The molecule has 0 unspecified atom stereocenters. The fraction of sp³-hybridized carbons (Fsp3) is 0.231. The zero-order valence-electron chi connectivity index (χ0n) is 9.74. The molecule has 0 saturated heterocycles. The van der Waals surface area contributed by atoms with Gasteiger partial charge in [-0.15, -0.1) is 0 Å². The Hall–Kier alpha value is -2.10. The summed E-state index contributed by atoms with van der Waals surface area (Å²) >= 11 is 0. The molecule has 0 amide bonds. The lowest BCUT2D eigenvalue weighted by Crippen LogP contribution is -2.08. The lowest BCUT2D eigenvalue weighted by Gasteiger charge is -2.05. The van der Waals surface area contributed by atoms with Crippen LogP contribution in [0.2, 0.25) is 0 Å². The van der Waals surface area contributed by atoms with Gasteiger partial charge in [-0.1, -0.05) is 18.2 Å². The fourth-order valence-electron chi connectivity index (χ4n) is 2.11. The molecule has 1 aromatic carbocycles. The van der Waals surface area contributed by atoms with E-state index in [0.29, 0.717) is 0 Å². The highest BCUT2D eigenvalue weighted by Crippen LogP contribution is 2.15. The van der Waals surface area contributed by atoms with Crippen LogP contribution in [0.25, 0.3) is 10.9 Å². The number of para-hydroxylation sites is 1. The molecular weight excluding hydrogens is 212 g/mol. The third-order valence-electron chi connectivity index (χ3n) is 2.99. The van der Waals surface area contributed by atoms with Crippen LogP contribution >= 0.6 is 0 Å². The fourth-order valence-corrected chi connectivity index (χ4v) is 2.11. The summed E-state index contributed by atoms with van der Waals surface area (Å²) in [5.41, 5.74) is 1.23. The first kappa shape index (κ1) is 10.1. The Morgan fingerprint density at radius 1 is 1.18 bits per heavy atom. The monoisotopic (exact) mass is 226 g/mol. The van der Waals surface area contributed by atoms with Gasteiger partial charge in [0.1, 0.15) is 12.2 Å². The molecule has 17 heavy (non-hydrogen) atoms. The van der Waals surface area contributed by atoms with E-state index in [1.807, 2.05) is 4.68 Å². The SMILES string of the molecule is CCn1ncnc1Cn1ccc2ccccc21. The predicted octanol–water partition coefficient (Wildman–Crippen LogP) is 2.30. The van der Waals surface area contributed by atoms with E-state index in [1.54, 1.807) is 6.33 Å². The second-order valence-corrected chi connectivity index (χ2v) is 3.99. The molecule has 0 radical (unpaired) electrons. The van der Waals surface area contributed by atoms with E-state index < -0.39 is 0 Å². The van der Waals surface area contributed by atoms with Crippen molar-refractivity contribution >= 4 is 10.9 Å². The Labute approximate surface area is 99.5 Å². The van der Waals surface area contributed by atoms with Gasteiger partial charge in [0.25, 0.3) is 0 Å². The van der Waals surface area contributed by atoms with Crippen LogP contribution < -0.4 is 0 Å². The third kappa shape index (κ3) is 1.71. The molecule has 2 aromatic heterocycles. The van der Waals surface area contributed by atoms with Gasteiger partial charge in [-0.2, -0.15) is 5.10 Å². The lowest BCUT2D eigenvalue weighted by molar-refractivity contribution is 0.597. The topological polar surface area (TPSA) is 35.6 Å². The number of hydrogen-bond donors (Lipinski definition) is 0. The van der Waals surface area contributed by atoms with E-state index in [2.05, 4.69) is 58.1 Å². The van der Waals surface area contributed by atoms with Crippen molar-refractivity contribution in [3.05, 3.63) is 48.7 Å². The summed E-state index contributed by atoms with van der Waals surface area (Å²) in [6.45, 7) is 3.70. The molecule has 4 heteroatoms. The normalized spacial score (nSPS) is 11.1. The van der Waals surface area contributed by atoms with Crippen molar-refractivity contribution in [1.82, 2.24) is 19.3 Å². The average Bonchev–Trinajstić information content (AvgIpc) is 2.97. The molecule has 0 atom stereocenters. The summed E-state index contributed by atoms with van der Waals surface area (Å²) in [5, 5.41) is 5.45. The zero-order chi connectivity index (χ0) is 11.7. The first-order valence-corrected chi connectivity index (χ1v) is 5.79. The van der Waals surface area contributed by atoms with Crippen molar-refractivity contribution in [2.45, 2.75) is 20.0 Å². The van der Waals surface area contributed by atoms with Crippen LogP contribution in [0.15, 0.2) is 42.9 Å². The minimum Gasteiger partial charge on any atom is -0.340 e. The molecule has 3 rings (SSSR count). The van der Waals surface area contributed by atoms with E-state index in [1.165, 1.54) is 10.9 Å². The van der Waals surface area contributed by atoms with Crippen LogP contribution in [-0.4, -0.2) is 19.3 Å².